The number of benzene rings is 1. The van der Waals surface area contributed by atoms with Crippen molar-refractivity contribution in [1.29, 1.82) is 0 Å². The van der Waals surface area contributed by atoms with Crippen LogP contribution in [-0.2, 0) is 11.2 Å². The first kappa shape index (κ1) is 18.6. The zero-order chi connectivity index (χ0) is 17.5. The Morgan fingerprint density at radius 3 is 2.67 bits per heavy atom. The van der Waals surface area contributed by atoms with Gasteiger partial charge in [-0.1, -0.05) is 26.0 Å². The molecule has 1 aliphatic rings. The number of hydrogen-bond donors (Lipinski definition) is 0. The lowest BCUT2D eigenvalue weighted by Crippen LogP contribution is -2.32. The first-order valence-electron chi connectivity index (χ1n) is 9.04. The minimum atomic E-state index is 0.254. The second-order valence-electron chi connectivity index (χ2n) is 6.97. The predicted octanol–water partition coefficient (Wildman–Crippen LogP) is 3.92. The smallest absolute Gasteiger partial charge is 0.222 e. The molecule has 4 nitrogen and oxygen atoms in total. The van der Waals surface area contributed by atoms with Gasteiger partial charge in [-0.2, -0.15) is 0 Å². The van der Waals surface area contributed by atoms with Gasteiger partial charge in [0.25, 0.3) is 0 Å². The lowest BCUT2D eigenvalue weighted by molar-refractivity contribution is -0.131. The second-order valence-corrected chi connectivity index (χ2v) is 6.97. The van der Waals surface area contributed by atoms with Crippen LogP contribution in [0.3, 0.4) is 0 Å². The number of para-hydroxylation sites is 1. The number of nitrogens with zero attached hydrogens (tertiary/aromatic N) is 1. The molecule has 0 saturated carbocycles. The van der Waals surface area contributed by atoms with Gasteiger partial charge in [0.2, 0.25) is 5.91 Å². The quantitative estimate of drug-likeness (QED) is 0.792. The van der Waals surface area contributed by atoms with E-state index in [1.807, 2.05) is 18.2 Å². The van der Waals surface area contributed by atoms with E-state index < -0.39 is 0 Å². The van der Waals surface area contributed by atoms with Gasteiger partial charge in [-0.05, 0) is 49.1 Å². The van der Waals surface area contributed by atoms with Crippen molar-refractivity contribution in [3.63, 3.8) is 0 Å². The van der Waals surface area contributed by atoms with E-state index in [9.17, 15) is 4.79 Å². The Labute approximate surface area is 146 Å². The van der Waals surface area contributed by atoms with Crippen LogP contribution >= 0.6 is 0 Å². The van der Waals surface area contributed by atoms with E-state index in [1.165, 1.54) is 6.42 Å². The van der Waals surface area contributed by atoms with E-state index in [0.29, 0.717) is 18.8 Å². The summed E-state index contributed by atoms with van der Waals surface area (Å²) in [5, 5.41) is 0. The highest BCUT2D eigenvalue weighted by Crippen LogP contribution is 2.31. The van der Waals surface area contributed by atoms with Gasteiger partial charge in [-0.15, -0.1) is 0 Å². The van der Waals surface area contributed by atoms with Crippen LogP contribution in [0, 0.1) is 11.8 Å². The van der Waals surface area contributed by atoms with E-state index in [1.54, 1.807) is 14.2 Å². The van der Waals surface area contributed by atoms with Gasteiger partial charge in [0, 0.05) is 19.5 Å². The average molecular weight is 333 g/mol. The molecule has 1 fully saturated rings. The van der Waals surface area contributed by atoms with E-state index in [2.05, 4.69) is 18.7 Å². The van der Waals surface area contributed by atoms with Crippen molar-refractivity contribution >= 4 is 5.91 Å². The maximum Gasteiger partial charge on any atom is 0.222 e. The van der Waals surface area contributed by atoms with Gasteiger partial charge in [0.15, 0.2) is 11.5 Å². The SMILES string of the molecule is COc1cccc(CCC(=O)N2CCCC(C(C)C)CC2)c1OC. The molecule has 0 aromatic heterocycles. The summed E-state index contributed by atoms with van der Waals surface area (Å²) in [6, 6.07) is 5.83. The Morgan fingerprint density at radius 2 is 2.00 bits per heavy atom. The number of amides is 1. The number of ether oxygens (including phenoxy) is 2. The van der Waals surface area contributed by atoms with Crippen LogP contribution in [0.4, 0.5) is 0 Å². The molecule has 1 atom stereocenters. The van der Waals surface area contributed by atoms with Crippen LogP contribution in [0.5, 0.6) is 11.5 Å². The van der Waals surface area contributed by atoms with Crippen LogP contribution < -0.4 is 9.47 Å². The summed E-state index contributed by atoms with van der Waals surface area (Å²) in [7, 11) is 3.28. The molecule has 1 aliphatic heterocycles. The van der Waals surface area contributed by atoms with Crippen LogP contribution in [0.2, 0.25) is 0 Å². The van der Waals surface area contributed by atoms with Gasteiger partial charge < -0.3 is 14.4 Å². The Kier molecular flexibility index (Phi) is 6.95. The molecule has 0 bridgehead atoms. The molecule has 1 saturated heterocycles. The zero-order valence-corrected chi connectivity index (χ0v) is 15.5. The normalized spacial score (nSPS) is 18.4. The molecule has 0 spiro atoms. The number of likely N-dealkylation sites (tertiary alicyclic amines) is 1. The van der Waals surface area contributed by atoms with Gasteiger partial charge in [-0.3, -0.25) is 4.79 Å². The van der Waals surface area contributed by atoms with E-state index in [4.69, 9.17) is 9.47 Å². The largest absolute Gasteiger partial charge is 0.493 e. The van der Waals surface area contributed by atoms with Crippen molar-refractivity contribution < 1.29 is 14.3 Å². The number of hydrogen-bond acceptors (Lipinski definition) is 3. The van der Waals surface area contributed by atoms with Crippen molar-refractivity contribution in [2.24, 2.45) is 11.8 Å². The summed E-state index contributed by atoms with van der Waals surface area (Å²) in [6.45, 7) is 6.38. The molecule has 2 rings (SSSR count). The van der Waals surface area contributed by atoms with Crippen LogP contribution in [0.1, 0.15) is 45.1 Å². The molecule has 24 heavy (non-hydrogen) atoms. The lowest BCUT2D eigenvalue weighted by Gasteiger charge is -2.22. The van der Waals surface area contributed by atoms with Gasteiger partial charge in [0.05, 0.1) is 14.2 Å². The molecule has 1 unspecified atom stereocenters. The third-order valence-electron chi connectivity index (χ3n) is 5.16. The van der Waals surface area contributed by atoms with Gasteiger partial charge in [0.1, 0.15) is 0 Å². The molecule has 1 amide bonds. The van der Waals surface area contributed by atoms with E-state index in [-0.39, 0.29) is 5.91 Å². The van der Waals surface area contributed by atoms with Gasteiger partial charge >= 0.3 is 0 Å². The first-order chi connectivity index (χ1) is 11.6. The third kappa shape index (κ3) is 4.65. The Hall–Kier alpha value is -1.71. The Morgan fingerprint density at radius 1 is 1.21 bits per heavy atom. The molecule has 0 N–H and O–H groups in total. The van der Waals surface area contributed by atoms with Crippen LogP contribution in [0.15, 0.2) is 18.2 Å². The summed E-state index contributed by atoms with van der Waals surface area (Å²) in [6.07, 6.45) is 4.70. The molecular formula is C20H31NO3. The summed E-state index contributed by atoms with van der Waals surface area (Å²) >= 11 is 0. The molecule has 0 aliphatic carbocycles. The number of methoxy groups -OCH3 is 2. The maximum atomic E-state index is 12.6. The maximum absolute atomic E-state index is 12.6. The number of rotatable bonds is 6. The molecule has 134 valence electrons. The monoisotopic (exact) mass is 333 g/mol. The number of carbonyl (C=O) groups is 1. The fourth-order valence-corrected chi connectivity index (χ4v) is 3.59. The zero-order valence-electron chi connectivity index (χ0n) is 15.5. The summed E-state index contributed by atoms with van der Waals surface area (Å²) in [4.78, 5) is 14.7. The van der Waals surface area contributed by atoms with Crippen molar-refractivity contribution in [3.05, 3.63) is 23.8 Å². The van der Waals surface area contributed by atoms with Crippen molar-refractivity contribution in [3.8, 4) is 11.5 Å². The summed E-state index contributed by atoms with van der Waals surface area (Å²) < 4.78 is 10.8. The highest BCUT2D eigenvalue weighted by molar-refractivity contribution is 5.76. The Bertz CT molecular complexity index is 542. The minimum absolute atomic E-state index is 0.254. The molecule has 1 aromatic carbocycles. The lowest BCUT2D eigenvalue weighted by atomic mass is 9.89. The van der Waals surface area contributed by atoms with Crippen LogP contribution in [0.25, 0.3) is 0 Å². The fraction of sp³-hybridized carbons (Fsp3) is 0.650. The van der Waals surface area contributed by atoms with E-state index in [0.717, 1.165) is 48.9 Å². The standard InChI is InChI=1S/C20H31NO3/c1-15(2)16-8-6-13-21(14-12-16)19(22)11-10-17-7-5-9-18(23-3)20(17)24-4/h5,7,9,15-16H,6,8,10-14H2,1-4H3. The Balaban J connectivity index is 1.94. The molecule has 1 aromatic rings. The summed E-state index contributed by atoms with van der Waals surface area (Å²) in [5.74, 6) is 3.17. The van der Waals surface area contributed by atoms with Crippen molar-refractivity contribution in [1.82, 2.24) is 4.90 Å². The number of aryl methyl sites for hydroxylation is 1. The molecular weight excluding hydrogens is 302 g/mol. The molecule has 4 heteroatoms. The average Bonchev–Trinajstić information content (AvgIpc) is 2.85. The third-order valence-corrected chi connectivity index (χ3v) is 5.16. The molecule has 0 radical (unpaired) electrons. The predicted molar refractivity (Wildman–Crippen MR) is 96.6 cm³/mol. The highest BCUT2D eigenvalue weighted by Gasteiger charge is 2.22. The van der Waals surface area contributed by atoms with Crippen molar-refractivity contribution in [2.45, 2.75) is 46.0 Å². The summed E-state index contributed by atoms with van der Waals surface area (Å²) in [5.41, 5.74) is 1.03. The number of carbonyl (C=O) groups excluding carboxylic acids is 1. The van der Waals surface area contributed by atoms with E-state index >= 15 is 0 Å². The second kappa shape index (κ2) is 8.95. The minimum Gasteiger partial charge on any atom is -0.493 e. The highest BCUT2D eigenvalue weighted by atomic mass is 16.5. The molecule has 1 heterocycles. The topological polar surface area (TPSA) is 38.8 Å². The van der Waals surface area contributed by atoms with Gasteiger partial charge in [-0.25, -0.2) is 0 Å². The fourth-order valence-electron chi connectivity index (χ4n) is 3.59. The first-order valence-corrected chi connectivity index (χ1v) is 9.04. The van der Waals surface area contributed by atoms with Crippen molar-refractivity contribution in [2.75, 3.05) is 27.3 Å². The van der Waals surface area contributed by atoms with Crippen LogP contribution in [-0.4, -0.2) is 38.1 Å².